The molecule has 0 aliphatic carbocycles. The molecule has 0 fully saturated rings. The van der Waals surface area contributed by atoms with Gasteiger partial charge in [-0.1, -0.05) is 115 Å². The maximum atomic E-state index is 5.12. The number of hydrogen-bond donors (Lipinski definition) is 0. The van der Waals surface area contributed by atoms with Crippen LogP contribution in [0.4, 0.5) is 0 Å². The molecule has 0 saturated carbocycles. The van der Waals surface area contributed by atoms with Gasteiger partial charge in [-0.25, -0.2) is 9.97 Å². The molecule has 0 bridgehead atoms. The monoisotopic (exact) mass is 497 g/mol. The van der Waals surface area contributed by atoms with E-state index in [-0.39, 0.29) is 0 Å². The minimum Gasteiger partial charge on any atom is -0.309 e. The van der Waals surface area contributed by atoms with Crippen LogP contribution in [0.1, 0.15) is 0 Å². The average molecular weight is 498 g/mol. The zero-order valence-electron chi connectivity index (χ0n) is 21.1. The van der Waals surface area contributed by atoms with Gasteiger partial charge in [0.15, 0.2) is 5.82 Å². The molecule has 0 unspecified atom stereocenters. The third kappa shape index (κ3) is 3.44. The van der Waals surface area contributed by atoms with E-state index < -0.39 is 0 Å². The summed E-state index contributed by atoms with van der Waals surface area (Å²) in [7, 11) is 0. The van der Waals surface area contributed by atoms with Gasteiger partial charge in [-0.15, -0.1) is 0 Å². The highest BCUT2D eigenvalue weighted by Crippen LogP contribution is 2.37. The summed E-state index contributed by atoms with van der Waals surface area (Å²) in [6.45, 7) is 0. The summed E-state index contributed by atoms with van der Waals surface area (Å²) in [5.41, 5.74) is 7.46. The van der Waals surface area contributed by atoms with Gasteiger partial charge in [0.25, 0.3) is 0 Å². The lowest BCUT2D eigenvalue weighted by atomic mass is 10.1. The van der Waals surface area contributed by atoms with Crippen molar-refractivity contribution in [2.75, 3.05) is 0 Å². The maximum Gasteiger partial charge on any atom is 0.160 e. The minimum absolute atomic E-state index is 0.722. The smallest absolute Gasteiger partial charge is 0.160 e. The summed E-state index contributed by atoms with van der Waals surface area (Å²) in [6, 6.07) is 49.0. The van der Waals surface area contributed by atoms with Crippen LogP contribution in [-0.2, 0) is 0 Å². The minimum atomic E-state index is 0.722. The molecule has 6 aromatic carbocycles. The Morgan fingerprint density at radius 1 is 0.462 bits per heavy atom. The molecule has 0 saturated heterocycles. The van der Waals surface area contributed by atoms with Gasteiger partial charge in [0.05, 0.1) is 22.2 Å². The fourth-order valence-electron chi connectivity index (χ4n) is 5.80. The van der Waals surface area contributed by atoms with Crippen LogP contribution >= 0.6 is 0 Å². The van der Waals surface area contributed by atoms with Crippen LogP contribution in [0.2, 0.25) is 0 Å². The SMILES string of the molecule is c1ccc(-c2nc(-c3cccc(-n4c5ccccc5c5ccc6ccccc6c54)c3)nc3ccccc23)cc1. The van der Waals surface area contributed by atoms with E-state index in [1.54, 1.807) is 0 Å². The zero-order valence-corrected chi connectivity index (χ0v) is 21.1. The quantitative estimate of drug-likeness (QED) is 0.244. The van der Waals surface area contributed by atoms with Gasteiger partial charge in [-0.3, -0.25) is 0 Å². The highest BCUT2D eigenvalue weighted by molar-refractivity contribution is 6.18. The van der Waals surface area contributed by atoms with Crippen molar-refractivity contribution in [1.29, 1.82) is 0 Å². The fourth-order valence-corrected chi connectivity index (χ4v) is 5.80. The standard InChI is InChI=1S/C36H23N3/c1-2-12-25(13-3-1)34-31-18-6-8-19-32(31)37-36(38-34)26-14-10-15-27(23-26)39-33-20-9-7-17-29(33)30-22-21-24-11-4-5-16-28(24)35(30)39/h1-23H. The van der Waals surface area contributed by atoms with Gasteiger partial charge in [0.1, 0.15) is 0 Å². The second kappa shape index (κ2) is 8.64. The Balaban J connectivity index is 1.40. The molecule has 8 aromatic rings. The molecule has 2 aromatic heterocycles. The van der Waals surface area contributed by atoms with Crippen molar-refractivity contribution in [3.63, 3.8) is 0 Å². The summed E-state index contributed by atoms with van der Waals surface area (Å²) in [5.74, 6) is 0.722. The van der Waals surface area contributed by atoms with Crippen molar-refractivity contribution >= 4 is 43.5 Å². The topological polar surface area (TPSA) is 30.7 Å². The Hall–Kier alpha value is -5.28. The van der Waals surface area contributed by atoms with Crippen molar-refractivity contribution in [3.05, 3.63) is 140 Å². The molecule has 8 rings (SSSR count). The molecule has 0 atom stereocenters. The number of nitrogens with zero attached hydrogens (tertiary/aromatic N) is 3. The number of fused-ring (bicyclic) bond motifs is 6. The summed E-state index contributed by atoms with van der Waals surface area (Å²) in [5, 5.41) is 6.03. The third-order valence-electron chi connectivity index (χ3n) is 7.57. The van der Waals surface area contributed by atoms with E-state index in [2.05, 4.69) is 126 Å². The van der Waals surface area contributed by atoms with E-state index in [9.17, 15) is 0 Å². The summed E-state index contributed by atoms with van der Waals surface area (Å²) < 4.78 is 2.38. The van der Waals surface area contributed by atoms with E-state index >= 15 is 0 Å². The molecule has 3 heteroatoms. The van der Waals surface area contributed by atoms with Gasteiger partial charge in [-0.2, -0.15) is 0 Å². The van der Waals surface area contributed by atoms with Gasteiger partial charge in [0, 0.05) is 38.4 Å². The molecule has 182 valence electrons. The predicted molar refractivity (Wildman–Crippen MR) is 162 cm³/mol. The highest BCUT2D eigenvalue weighted by atomic mass is 15.0. The largest absolute Gasteiger partial charge is 0.309 e. The van der Waals surface area contributed by atoms with Crippen LogP contribution < -0.4 is 0 Å². The lowest BCUT2D eigenvalue weighted by Crippen LogP contribution is -1.98. The van der Waals surface area contributed by atoms with Crippen molar-refractivity contribution in [1.82, 2.24) is 14.5 Å². The van der Waals surface area contributed by atoms with Crippen molar-refractivity contribution in [2.24, 2.45) is 0 Å². The molecule has 0 radical (unpaired) electrons. The lowest BCUT2D eigenvalue weighted by Gasteiger charge is -2.13. The van der Waals surface area contributed by atoms with Gasteiger partial charge >= 0.3 is 0 Å². The first kappa shape index (κ1) is 21.8. The van der Waals surface area contributed by atoms with Crippen molar-refractivity contribution < 1.29 is 0 Å². The van der Waals surface area contributed by atoms with Crippen LogP contribution in [0.5, 0.6) is 0 Å². The van der Waals surface area contributed by atoms with Crippen LogP contribution in [0.25, 0.3) is 71.8 Å². The summed E-state index contributed by atoms with van der Waals surface area (Å²) in [6.07, 6.45) is 0. The maximum absolute atomic E-state index is 5.12. The first-order valence-corrected chi connectivity index (χ1v) is 13.2. The Kier molecular flexibility index (Phi) is 4.82. The highest BCUT2D eigenvalue weighted by Gasteiger charge is 2.16. The Morgan fingerprint density at radius 2 is 1.18 bits per heavy atom. The fraction of sp³-hybridized carbons (Fsp3) is 0. The molecule has 0 N–H and O–H groups in total. The van der Waals surface area contributed by atoms with E-state index in [1.807, 2.05) is 18.2 Å². The van der Waals surface area contributed by atoms with Crippen molar-refractivity contribution in [2.45, 2.75) is 0 Å². The molecule has 2 heterocycles. The normalized spacial score (nSPS) is 11.6. The number of para-hydroxylation sites is 2. The molecule has 39 heavy (non-hydrogen) atoms. The Morgan fingerprint density at radius 3 is 2.08 bits per heavy atom. The second-order valence-electron chi connectivity index (χ2n) is 9.86. The Bertz CT molecular complexity index is 2170. The summed E-state index contributed by atoms with van der Waals surface area (Å²) >= 11 is 0. The van der Waals surface area contributed by atoms with Crippen molar-refractivity contribution in [3.8, 4) is 28.3 Å². The summed E-state index contributed by atoms with van der Waals surface area (Å²) in [4.78, 5) is 10.1. The van der Waals surface area contributed by atoms with Gasteiger partial charge in [0.2, 0.25) is 0 Å². The van der Waals surface area contributed by atoms with Crippen LogP contribution in [0, 0.1) is 0 Å². The molecule has 0 amide bonds. The predicted octanol–water partition coefficient (Wildman–Crippen LogP) is 9.21. The average Bonchev–Trinajstić information content (AvgIpc) is 3.36. The van der Waals surface area contributed by atoms with Crippen LogP contribution in [-0.4, -0.2) is 14.5 Å². The zero-order chi connectivity index (χ0) is 25.8. The number of benzene rings is 6. The molecular weight excluding hydrogens is 474 g/mol. The molecule has 0 aliphatic heterocycles. The third-order valence-corrected chi connectivity index (χ3v) is 7.57. The number of rotatable bonds is 3. The van der Waals surface area contributed by atoms with Crippen LogP contribution in [0.15, 0.2) is 140 Å². The van der Waals surface area contributed by atoms with E-state index in [1.165, 1.54) is 32.6 Å². The van der Waals surface area contributed by atoms with Gasteiger partial charge in [-0.05, 0) is 29.7 Å². The van der Waals surface area contributed by atoms with E-state index in [0.29, 0.717) is 0 Å². The first-order valence-electron chi connectivity index (χ1n) is 13.2. The number of hydrogen-bond acceptors (Lipinski definition) is 2. The Labute approximate surface area is 225 Å². The molecule has 0 aliphatic rings. The molecule has 0 spiro atoms. The lowest BCUT2D eigenvalue weighted by molar-refractivity contribution is 1.17. The van der Waals surface area contributed by atoms with E-state index in [4.69, 9.17) is 9.97 Å². The first-order chi connectivity index (χ1) is 19.3. The molecule has 3 nitrogen and oxygen atoms in total. The number of aromatic nitrogens is 3. The molecular formula is C36H23N3. The second-order valence-corrected chi connectivity index (χ2v) is 9.86. The van der Waals surface area contributed by atoms with E-state index in [0.717, 1.165) is 39.2 Å². The van der Waals surface area contributed by atoms with Gasteiger partial charge < -0.3 is 4.57 Å². The van der Waals surface area contributed by atoms with Crippen LogP contribution in [0.3, 0.4) is 0 Å².